The Morgan fingerprint density at radius 1 is 1.65 bits per heavy atom. The molecule has 1 unspecified atom stereocenters. The number of hydrogen-bond acceptors (Lipinski definition) is 3. The van der Waals surface area contributed by atoms with E-state index in [4.69, 9.17) is 0 Å². The molecule has 0 aliphatic carbocycles. The molecule has 0 aromatic carbocycles. The third kappa shape index (κ3) is 2.29. The molecular formula is C12H16BrN3O. The van der Waals surface area contributed by atoms with Crippen molar-refractivity contribution < 1.29 is 4.79 Å². The van der Waals surface area contributed by atoms with Gasteiger partial charge in [-0.2, -0.15) is 0 Å². The maximum absolute atomic E-state index is 11.8. The molecular weight excluding hydrogens is 282 g/mol. The average molecular weight is 298 g/mol. The van der Waals surface area contributed by atoms with Gasteiger partial charge in [0.2, 0.25) is 5.91 Å². The van der Waals surface area contributed by atoms with Gasteiger partial charge in [-0.3, -0.25) is 9.78 Å². The van der Waals surface area contributed by atoms with Crippen LogP contribution in [0.15, 0.2) is 22.9 Å². The summed E-state index contributed by atoms with van der Waals surface area (Å²) >= 11 is 3.49. The van der Waals surface area contributed by atoms with E-state index in [1.807, 2.05) is 13.0 Å². The first-order chi connectivity index (χ1) is 8.07. The minimum absolute atomic E-state index is 0.116. The van der Waals surface area contributed by atoms with Crippen LogP contribution in [-0.4, -0.2) is 31.0 Å². The lowest BCUT2D eigenvalue weighted by molar-refractivity contribution is -0.128. The molecule has 1 aromatic heterocycles. The number of nitrogens with zero attached hydrogens (tertiary/aromatic N) is 2. The molecule has 1 aliphatic heterocycles. The topological polar surface area (TPSA) is 45.2 Å². The fourth-order valence-corrected chi connectivity index (χ4v) is 2.78. The fraction of sp³-hybridized carbons (Fsp3) is 0.500. The second-order valence-corrected chi connectivity index (χ2v) is 5.49. The molecule has 17 heavy (non-hydrogen) atoms. The van der Waals surface area contributed by atoms with E-state index in [1.54, 1.807) is 19.4 Å². The van der Waals surface area contributed by atoms with Crippen molar-refractivity contribution in [2.75, 3.05) is 25.0 Å². The van der Waals surface area contributed by atoms with E-state index in [-0.39, 0.29) is 11.3 Å². The standard InChI is InChI=1S/C12H16BrN3O/c1-12(11(17)14-2)4-6-16(8-12)10-3-5-15-7-9(10)13/h3,5,7H,4,6,8H2,1-2H3,(H,14,17). The van der Waals surface area contributed by atoms with Gasteiger partial charge in [0.1, 0.15) is 0 Å². The summed E-state index contributed by atoms with van der Waals surface area (Å²) in [4.78, 5) is 18.1. The minimum atomic E-state index is -0.294. The zero-order valence-electron chi connectivity index (χ0n) is 10.0. The maximum Gasteiger partial charge on any atom is 0.227 e. The Balaban J connectivity index is 2.18. The van der Waals surface area contributed by atoms with Gasteiger partial charge in [-0.05, 0) is 35.3 Å². The second kappa shape index (κ2) is 4.64. The molecule has 2 heterocycles. The number of aromatic nitrogens is 1. The summed E-state index contributed by atoms with van der Waals surface area (Å²) in [6.45, 7) is 3.66. The Morgan fingerprint density at radius 3 is 3.06 bits per heavy atom. The number of carbonyl (C=O) groups is 1. The fourth-order valence-electron chi connectivity index (χ4n) is 2.28. The number of rotatable bonds is 2. The van der Waals surface area contributed by atoms with E-state index >= 15 is 0 Å². The van der Waals surface area contributed by atoms with Crippen LogP contribution in [0.4, 0.5) is 5.69 Å². The monoisotopic (exact) mass is 297 g/mol. The molecule has 1 saturated heterocycles. The maximum atomic E-state index is 11.8. The quantitative estimate of drug-likeness (QED) is 0.905. The Labute approximate surface area is 110 Å². The smallest absolute Gasteiger partial charge is 0.227 e. The molecule has 1 amide bonds. The first-order valence-corrected chi connectivity index (χ1v) is 6.43. The van der Waals surface area contributed by atoms with Gasteiger partial charge < -0.3 is 10.2 Å². The number of amides is 1. The van der Waals surface area contributed by atoms with Gasteiger partial charge in [-0.25, -0.2) is 0 Å². The summed E-state index contributed by atoms with van der Waals surface area (Å²) < 4.78 is 0.973. The van der Waals surface area contributed by atoms with E-state index in [0.29, 0.717) is 0 Å². The predicted octanol–water partition coefficient (Wildman–Crippen LogP) is 1.81. The molecule has 5 heteroatoms. The van der Waals surface area contributed by atoms with Crippen molar-refractivity contribution in [3.05, 3.63) is 22.9 Å². The highest BCUT2D eigenvalue weighted by molar-refractivity contribution is 9.10. The number of carbonyl (C=O) groups excluding carboxylic acids is 1. The third-order valence-electron chi connectivity index (χ3n) is 3.34. The summed E-state index contributed by atoms with van der Waals surface area (Å²) in [5, 5.41) is 2.74. The van der Waals surface area contributed by atoms with Crippen molar-refractivity contribution in [3.8, 4) is 0 Å². The van der Waals surface area contributed by atoms with Crippen molar-refractivity contribution >= 4 is 27.5 Å². The zero-order chi connectivity index (χ0) is 12.5. The van der Waals surface area contributed by atoms with Gasteiger partial charge in [-0.1, -0.05) is 0 Å². The van der Waals surface area contributed by atoms with Gasteiger partial charge in [0.15, 0.2) is 0 Å². The molecule has 0 bridgehead atoms. The van der Waals surface area contributed by atoms with E-state index in [0.717, 1.165) is 29.7 Å². The number of pyridine rings is 1. The van der Waals surface area contributed by atoms with Crippen molar-refractivity contribution in [1.29, 1.82) is 0 Å². The molecule has 1 aliphatic rings. The molecule has 1 fully saturated rings. The van der Waals surface area contributed by atoms with Crippen LogP contribution >= 0.6 is 15.9 Å². The summed E-state index contributed by atoms with van der Waals surface area (Å²) in [6.07, 6.45) is 4.43. The lowest BCUT2D eigenvalue weighted by Crippen LogP contribution is -2.39. The van der Waals surface area contributed by atoms with Gasteiger partial charge in [-0.15, -0.1) is 0 Å². The summed E-state index contributed by atoms with van der Waals surface area (Å²) in [5.74, 6) is 0.116. The van der Waals surface area contributed by atoms with Crippen molar-refractivity contribution in [2.24, 2.45) is 5.41 Å². The molecule has 1 N–H and O–H groups in total. The lowest BCUT2D eigenvalue weighted by Gasteiger charge is -2.24. The van der Waals surface area contributed by atoms with Gasteiger partial charge in [0.25, 0.3) is 0 Å². The third-order valence-corrected chi connectivity index (χ3v) is 3.95. The van der Waals surface area contributed by atoms with Crippen LogP contribution < -0.4 is 10.2 Å². The lowest BCUT2D eigenvalue weighted by atomic mass is 9.89. The van der Waals surface area contributed by atoms with Crippen LogP contribution in [0.25, 0.3) is 0 Å². The molecule has 1 atom stereocenters. The van der Waals surface area contributed by atoms with Crippen molar-refractivity contribution in [3.63, 3.8) is 0 Å². The van der Waals surface area contributed by atoms with E-state index in [2.05, 4.69) is 31.1 Å². The SMILES string of the molecule is CNC(=O)C1(C)CCN(c2ccncc2Br)C1. The molecule has 0 radical (unpaired) electrons. The second-order valence-electron chi connectivity index (χ2n) is 4.64. The first-order valence-electron chi connectivity index (χ1n) is 5.63. The number of halogens is 1. The van der Waals surface area contributed by atoms with Crippen LogP contribution in [-0.2, 0) is 4.79 Å². The molecule has 0 saturated carbocycles. The molecule has 0 spiro atoms. The highest BCUT2D eigenvalue weighted by Gasteiger charge is 2.40. The summed E-state index contributed by atoms with van der Waals surface area (Å²) in [5.41, 5.74) is 0.810. The summed E-state index contributed by atoms with van der Waals surface area (Å²) in [6, 6.07) is 1.97. The Kier molecular flexibility index (Phi) is 3.38. The number of anilines is 1. The zero-order valence-corrected chi connectivity index (χ0v) is 11.6. The Bertz CT molecular complexity index is 438. The van der Waals surface area contributed by atoms with Crippen LogP contribution in [0.5, 0.6) is 0 Å². The van der Waals surface area contributed by atoms with E-state index < -0.39 is 0 Å². The summed E-state index contributed by atoms with van der Waals surface area (Å²) in [7, 11) is 1.69. The highest BCUT2D eigenvalue weighted by Crippen LogP contribution is 2.35. The normalized spacial score (nSPS) is 23.8. The Morgan fingerprint density at radius 2 is 2.41 bits per heavy atom. The van der Waals surface area contributed by atoms with Crippen molar-refractivity contribution in [1.82, 2.24) is 10.3 Å². The van der Waals surface area contributed by atoms with E-state index in [1.165, 1.54) is 0 Å². The Hall–Kier alpha value is -1.10. The number of hydrogen-bond donors (Lipinski definition) is 1. The van der Waals surface area contributed by atoms with Crippen LogP contribution in [0.1, 0.15) is 13.3 Å². The molecule has 4 nitrogen and oxygen atoms in total. The molecule has 2 rings (SSSR count). The van der Waals surface area contributed by atoms with Gasteiger partial charge in [0.05, 0.1) is 15.6 Å². The average Bonchev–Trinajstić information content (AvgIpc) is 2.72. The minimum Gasteiger partial charge on any atom is -0.369 e. The first kappa shape index (κ1) is 12.4. The predicted molar refractivity (Wildman–Crippen MR) is 70.9 cm³/mol. The van der Waals surface area contributed by atoms with E-state index in [9.17, 15) is 4.79 Å². The van der Waals surface area contributed by atoms with Crippen LogP contribution in [0.3, 0.4) is 0 Å². The molecule has 1 aromatic rings. The van der Waals surface area contributed by atoms with Gasteiger partial charge >= 0.3 is 0 Å². The van der Waals surface area contributed by atoms with Crippen LogP contribution in [0.2, 0.25) is 0 Å². The largest absolute Gasteiger partial charge is 0.369 e. The van der Waals surface area contributed by atoms with Gasteiger partial charge in [0, 0.05) is 32.5 Å². The van der Waals surface area contributed by atoms with Crippen LogP contribution in [0, 0.1) is 5.41 Å². The number of nitrogens with one attached hydrogen (secondary N) is 1. The van der Waals surface area contributed by atoms with Crippen molar-refractivity contribution in [2.45, 2.75) is 13.3 Å². The molecule has 92 valence electrons. The highest BCUT2D eigenvalue weighted by atomic mass is 79.9.